The van der Waals surface area contributed by atoms with Crippen molar-refractivity contribution in [2.45, 2.75) is 70.8 Å². The third-order valence-electron chi connectivity index (χ3n) is 5.92. The lowest BCUT2D eigenvalue weighted by Crippen LogP contribution is -2.33. The summed E-state index contributed by atoms with van der Waals surface area (Å²) in [5.74, 6) is -0.653. The van der Waals surface area contributed by atoms with E-state index in [1.807, 2.05) is 30.3 Å². The van der Waals surface area contributed by atoms with Crippen molar-refractivity contribution in [3.8, 4) is 5.75 Å². The third-order valence-corrected chi connectivity index (χ3v) is 5.92. The Labute approximate surface area is 202 Å². The smallest absolute Gasteiger partial charge is 0.407 e. The van der Waals surface area contributed by atoms with Crippen molar-refractivity contribution < 1.29 is 36.6 Å². The van der Waals surface area contributed by atoms with Gasteiger partial charge in [-0.1, -0.05) is 42.5 Å². The number of rotatable bonds is 11. The van der Waals surface area contributed by atoms with Crippen molar-refractivity contribution in [3.05, 3.63) is 65.2 Å². The van der Waals surface area contributed by atoms with Gasteiger partial charge in [-0.2, -0.15) is 8.78 Å². The highest BCUT2D eigenvalue weighted by Crippen LogP contribution is 2.61. The summed E-state index contributed by atoms with van der Waals surface area (Å²) in [6, 6.07) is 13.7. The minimum absolute atomic E-state index is 0.0895. The fourth-order valence-corrected chi connectivity index (χ4v) is 4.28. The monoisotopic (exact) mass is 497 g/mol. The molecule has 0 saturated heterocycles. The van der Waals surface area contributed by atoms with Crippen LogP contribution in [0.5, 0.6) is 5.75 Å². The fourth-order valence-electron chi connectivity index (χ4n) is 4.28. The molecule has 0 aliphatic heterocycles. The van der Waals surface area contributed by atoms with Gasteiger partial charge in [-0.25, -0.2) is 13.6 Å². The molecule has 9 heteroatoms. The average molecular weight is 498 g/mol. The van der Waals surface area contributed by atoms with Gasteiger partial charge in [0.1, 0.15) is 11.4 Å². The highest BCUT2D eigenvalue weighted by atomic mass is 19.3. The summed E-state index contributed by atoms with van der Waals surface area (Å²) in [6.45, 7) is 2.24. The van der Waals surface area contributed by atoms with Crippen molar-refractivity contribution in [1.29, 1.82) is 0 Å². The van der Waals surface area contributed by atoms with E-state index in [1.54, 1.807) is 20.8 Å². The summed E-state index contributed by atoms with van der Waals surface area (Å²) >= 11 is 0. The summed E-state index contributed by atoms with van der Waals surface area (Å²) in [7, 11) is 0. The van der Waals surface area contributed by atoms with Gasteiger partial charge in [-0.15, -0.1) is 0 Å². The lowest BCUT2D eigenvalue weighted by molar-refractivity contribution is -0.0506. The van der Waals surface area contributed by atoms with Gasteiger partial charge in [0.15, 0.2) is 0 Å². The number of benzene rings is 2. The van der Waals surface area contributed by atoms with Crippen LogP contribution >= 0.6 is 0 Å². The summed E-state index contributed by atoms with van der Waals surface area (Å²) in [4.78, 5) is 12.1. The quantitative estimate of drug-likeness (QED) is 0.287. The van der Waals surface area contributed by atoms with Crippen LogP contribution in [-0.2, 0) is 28.0 Å². The van der Waals surface area contributed by atoms with Crippen LogP contribution in [0.25, 0.3) is 0 Å². The molecule has 1 aliphatic carbocycles. The normalized spacial score (nSPS) is 19.6. The molecule has 1 aliphatic rings. The molecule has 0 spiro atoms. The number of hydrogen-bond donors (Lipinski definition) is 1. The molecule has 2 atom stereocenters. The van der Waals surface area contributed by atoms with Gasteiger partial charge >= 0.3 is 12.7 Å². The van der Waals surface area contributed by atoms with Crippen LogP contribution in [0.15, 0.2) is 48.5 Å². The second-order valence-corrected chi connectivity index (χ2v) is 9.59. The number of alkyl carbamates (subject to hydrolysis) is 1. The largest absolute Gasteiger partial charge is 0.444 e. The standard InChI is InChI=1S/C26H31F4NO4/c1-25(2,3)35-24(32)31-15-19-20(10-7-11-21(19)34-23(29)30)26(22(27)28)14-18(26)12-13-33-16-17-8-5-4-6-9-17/h4-11,18,22-23H,12-16H2,1-3H3,(H,31,32)/t18-,26+/m1/s1. The summed E-state index contributed by atoms with van der Waals surface area (Å²) in [6.07, 6.45) is -2.96. The lowest BCUT2D eigenvalue weighted by Gasteiger charge is -2.24. The van der Waals surface area contributed by atoms with Crippen LogP contribution in [0.1, 0.15) is 50.3 Å². The maximum Gasteiger partial charge on any atom is 0.407 e. The highest BCUT2D eigenvalue weighted by molar-refractivity contribution is 5.68. The zero-order valence-electron chi connectivity index (χ0n) is 20.0. The highest BCUT2D eigenvalue weighted by Gasteiger charge is 2.62. The Kier molecular flexibility index (Phi) is 8.64. The zero-order valence-corrected chi connectivity index (χ0v) is 20.0. The topological polar surface area (TPSA) is 56.8 Å². The molecule has 1 N–H and O–H groups in total. The van der Waals surface area contributed by atoms with Gasteiger partial charge in [-0.3, -0.25) is 0 Å². The van der Waals surface area contributed by atoms with Crippen molar-refractivity contribution >= 4 is 6.09 Å². The molecule has 0 radical (unpaired) electrons. The van der Waals surface area contributed by atoms with E-state index in [0.717, 1.165) is 5.56 Å². The van der Waals surface area contributed by atoms with E-state index < -0.39 is 36.1 Å². The Morgan fingerprint density at radius 1 is 1.09 bits per heavy atom. The van der Waals surface area contributed by atoms with Crippen LogP contribution in [-0.4, -0.2) is 31.3 Å². The first-order chi connectivity index (χ1) is 16.5. The molecule has 0 heterocycles. The molecule has 35 heavy (non-hydrogen) atoms. The van der Waals surface area contributed by atoms with Gasteiger partial charge in [0.25, 0.3) is 0 Å². The number of amides is 1. The first-order valence-corrected chi connectivity index (χ1v) is 11.5. The zero-order chi connectivity index (χ0) is 25.6. The summed E-state index contributed by atoms with van der Waals surface area (Å²) < 4.78 is 70.4. The molecule has 0 unspecified atom stereocenters. The number of ether oxygens (including phenoxy) is 3. The Morgan fingerprint density at radius 3 is 2.43 bits per heavy atom. The molecule has 3 rings (SSSR count). The maximum absolute atomic E-state index is 14.4. The van der Waals surface area contributed by atoms with Crippen LogP contribution in [0.3, 0.4) is 0 Å². The van der Waals surface area contributed by atoms with E-state index in [-0.39, 0.29) is 36.4 Å². The number of carbonyl (C=O) groups is 1. The number of halogens is 4. The first-order valence-electron chi connectivity index (χ1n) is 11.5. The Hall–Kier alpha value is -2.81. The van der Waals surface area contributed by atoms with Gasteiger partial charge in [-0.05, 0) is 56.7 Å². The number of hydrogen-bond acceptors (Lipinski definition) is 4. The van der Waals surface area contributed by atoms with Crippen molar-refractivity contribution in [1.82, 2.24) is 5.32 Å². The SMILES string of the molecule is CC(C)(C)OC(=O)NCc1c(OC(F)F)cccc1[C@]1(C(F)F)C[C@H]1CCOCc1ccccc1. The summed E-state index contributed by atoms with van der Waals surface area (Å²) in [5, 5.41) is 2.48. The molecule has 0 bridgehead atoms. The van der Waals surface area contributed by atoms with Gasteiger partial charge in [0.05, 0.1) is 18.6 Å². The fraction of sp³-hybridized carbons (Fsp3) is 0.500. The van der Waals surface area contributed by atoms with Crippen LogP contribution in [0.4, 0.5) is 22.4 Å². The van der Waals surface area contributed by atoms with E-state index in [1.165, 1.54) is 18.2 Å². The van der Waals surface area contributed by atoms with E-state index in [2.05, 4.69) is 10.1 Å². The maximum atomic E-state index is 14.4. The Morgan fingerprint density at radius 2 is 1.80 bits per heavy atom. The number of carbonyl (C=O) groups excluding carboxylic acids is 1. The molecule has 5 nitrogen and oxygen atoms in total. The van der Waals surface area contributed by atoms with Crippen molar-refractivity contribution in [2.24, 2.45) is 5.92 Å². The lowest BCUT2D eigenvalue weighted by atomic mass is 9.88. The van der Waals surface area contributed by atoms with E-state index in [9.17, 15) is 22.4 Å². The molecule has 1 saturated carbocycles. The Bertz CT molecular complexity index is 981. The Balaban J connectivity index is 1.76. The average Bonchev–Trinajstić information content (AvgIpc) is 3.50. The second-order valence-electron chi connectivity index (χ2n) is 9.59. The number of nitrogens with one attached hydrogen (secondary N) is 1. The molecule has 0 aromatic heterocycles. The molecule has 2 aromatic rings. The van der Waals surface area contributed by atoms with Crippen LogP contribution in [0, 0.1) is 5.92 Å². The minimum Gasteiger partial charge on any atom is -0.444 e. The first kappa shape index (κ1) is 26.8. The summed E-state index contributed by atoms with van der Waals surface area (Å²) in [5.41, 5.74) is -1.04. The third kappa shape index (κ3) is 7.10. The van der Waals surface area contributed by atoms with Crippen molar-refractivity contribution in [3.63, 3.8) is 0 Å². The molecular formula is C26H31F4NO4. The predicted molar refractivity (Wildman–Crippen MR) is 123 cm³/mol. The minimum atomic E-state index is -3.14. The van der Waals surface area contributed by atoms with Crippen LogP contribution < -0.4 is 10.1 Å². The van der Waals surface area contributed by atoms with Crippen molar-refractivity contribution in [2.75, 3.05) is 6.61 Å². The molecule has 1 amide bonds. The van der Waals surface area contributed by atoms with Gasteiger partial charge in [0, 0.05) is 12.2 Å². The predicted octanol–water partition coefficient (Wildman–Crippen LogP) is 6.44. The molecule has 2 aromatic carbocycles. The van der Waals surface area contributed by atoms with E-state index in [0.29, 0.717) is 13.0 Å². The van der Waals surface area contributed by atoms with Gasteiger partial charge in [0.2, 0.25) is 6.43 Å². The second kappa shape index (κ2) is 11.3. The van der Waals surface area contributed by atoms with E-state index in [4.69, 9.17) is 9.47 Å². The molecule has 192 valence electrons. The molecule has 1 fully saturated rings. The van der Waals surface area contributed by atoms with Gasteiger partial charge < -0.3 is 19.5 Å². The number of alkyl halides is 4. The van der Waals surface area contributed by atoms with E-state index >= 15 is 0 Å². The van der Waals surface area contributed by atoms with Crippen LogP contribution in [0.2, 0.25) is 0 Å². The molecular weight excluding hydrogens is 466 g/mol.